The Balaban J connectivity index is 0.990. The maximum atomic E-state index is 13.4. The standard InChI is InChI=1S/C38H44N8O3/c1-25-13-15-26(16-14-25)46-34(23-33(43-46)38(2,3)4)40-37(47)39-30-17-18-32(28-11-8-10-27(28)30)49-22-21-44-19-20-45-35(24-44)41-42-36(45)29-9-6-7-12-31(29)48-5/h6-7,9,12-18,23H,8,10-11,19-22,24H2,1-5H3,(H2,39,40,47). The van der Waals surface area contributed by atoms with Crippen LogP contribution >= 0.6 is 0 Å². The van der Waals surface area contributed by atoms with E-state index in [9.17, 15) is 4.79 Å². The van der Waals surface area contributed by atoms with Crippen LogP contribution in [0.5, 0.6) is 11.5 Å². The number of aryl methyl sites for hydroxylation is 1. The van der Waals surface area contributed by atoms with E-state index < -0.39 is 0 Å². The number of rotatable bonds is 9. The van der Waals surface area contributed by atoms with Crippen LogP contribution in [0.4, 0.5) is 16.3 Å². The number of para-hydroxylation sites is 1. The van der Waals surface area contributed by atoms with Crippen molar-refractivity contribution in [2.75, 3.05) is 37.4 Å². The van der Waals surface area contributed by atoms with E-state index in [2.05, 4.69) is 58.0 Å². The zero-order valence-corrected chi connectivity index (χ0v) is 28.9. The van der Waals surface area contributed by atoms with E-state index in [0.29, 0.717) is 19.0 Å². The molecule has 0 saturated heterocycles. The number of urea groups is 1. The Labute approximate surface area is 287 Å². The molecule has 7 rings (SSSR count). The molecule has 49 heavy (non-hydrogen) atoms. The van der Waals surface area contributed by atoms with Gasteiger partial charge in [0.15, 0.2) is 5.82 Å². The number of hydrogen-bond acceptors (Lipinski definition) is 7. The van der Waals surface area contributed by atoms with E-state index in [-0.39, 0.29) is 11.4 Å². The third-order valence-electron chi connectivity index (χ3n) is 9.33. The van der Waals surface area contributed by atoms with Gasteiger partial charge in [-0.2, -0.15) is 5.10 Å². The summed E-state index contributed by atoms with van der Waals surface area (Å²) in [5.74, 6) is 4.09. The van der Waals surface area contributed by atoms with Crippen molar-refractivity contribution in [3.8, 4) is 28.6 Å². The maximum Gasteiger partial charge on any atom is 0.324 e. The lowest BCUT2D eigenvalue weighted by molar-refractivity contribution is 0.174. The van der Waals surface area contributed by atoms with Gasteiger partial charge in [-0.25, -0.2) is 9.48 Å². The van der Waals surface area contributed by atoms with Gasteiger partial charge < -0.3 is 19.4 Å². The van der Waals surface area contributed by atoms with Crippen molar-refractivity contribution >= 4 is 17.5 Å². The van der Waals surface area contributed by atoms with E-state index >= 15 is 0 Å². The second-order valence-corrected chi connectivity index (χ2v) is 13.8. The first-order chi connectivity index (χ1) is 23.7. The molecule has 254 valence electrons. The Morgan fingerprint density at radius 3 is 2.51 bits per heavy atom. The molecule has 1 aliphatic heterocycles. The quantitative estimate of drug-likeness (QED) is 0.180. The first-order valence-electron chi connectivity index (χ1n) is 17.0. The molecule has 0 fully saturated rings. The fraction of sp³-hybridized carbons (Fsp3) is 0.368. The number of fused-ring (bicyclic) bond motifs is 2. The van der Waals surface area contributed by atoms with Gasteiger partial charge in [-0.3, -0.25) is 10.2 Å². The minimum absolute atomic E-state index is 0.173. The van der Waals surface area contributed by atoms with E-state index in [4.69, 9.17) is 14.6 Å². The van der Waals surface area contributed by atoms with Gasteiger partial charge >= 0.3 is 6.03 Å². The van der Waals surface area contributed by atoms with Crippen molar-refractivity contribution in [2.45, 2.75) is 65.5 Å². The number of nitrogens with zero attached hydrogens (tertiary/aromatic N) is 6. The molecule has 0 saturated carbocycles. The van der Waals surface area contributed by atoms with E-state index in [1.54, 1.807) is 11.8 Å². The Bertz CT molecular complexity index is 1970. The number of carbonyl (C=O) groups excluding carboxylic acids is 1. The molecule has 2 aliphatic rings. The van der Waals surface area contributed by atoms with Crippen molar-refractivity contribution in [1.82, 2.24) is 29.4 Å². The van der Waals surface area contributed by atoms with Gasteiger partial charge in [-0.1, -0.05) is 50.6 Å². The van der Waals surface area contributed by atoms with Gasteiger partial charge in [-0.15, -0.1) is 10.2 Å². The number of carbonyl (C=O) groups is 1. The first-order valence-corrected chi connectivity index (χ1v) is 17.0. The van der Waals surface area contributed by atoms with E-state index in [1.807, 2.05) is 66.7 Å². The molecule has 0 atom stereocenters. The van der Waals surface area contributed by atoms with Crippen molar-refractivity contribution in [2.24, 2.45) is 0 Å². The Morgan fingerprint density at radius 1 is 0.918 bits per heavy atom. The van der Waals surface area contributed by atoms with Crippen molar-refractivity contribution in [1.29, 1.82) is 0 Å². The lowest BCUT2D eigenvalue weighted by atomic mass is 9.92. The summed E-state index contributed by atoms with van der Waals surface area (Å²) in [5.41, 5.74) is 6.87. The molecule has 0 radical (unpaired) electrons. The number of nitrogens with one attached hydrogen (secondary N) is 2. The summed E-state index contributed by atoms with van der Waals surface area (Å²) in [6, 6.07) is 21.6. The molecule has 3 heterocycles. The molecule has 2 aromatic heterocycles. The van der Waals surface area contributed by atoms with Crippen LogP contribution in [0, 0.1) is 6.92 Å². The summed E-state index contributed by atoms with van der Waals surface area (Å²) >= 11 is 0. The van der Waals surface area contributed by atoms with Crippen molar-refractivity contribution < 1.29 is 14.3 Å². The smallest absolute Gasteiger partial charge is 0.324 e. The van der Waals surface area contributed by atoms with Gasteiger partial charge in [0.1, 0.15) is 29.7 Å². The average Bonchev–Trinajstić information content (AvgIpc) is 3.85. The lowest BCUT2D eigenvalue weighted by Crippen LogP contribution is -2.36. The predicted molar refractivity (Wildman–Crippen MR) is 191 cm³/mol. The summed E-state index contributed by atoms with van der Waals surface area (Å²) < 4.78 is 15.9. The number of aromatic nitrogens is 5. The minimum Gasteiger partial charge on any atom is -0.496 e. The third-order valence-corrected chi connectivity index (χ3v) is 9.33. The van der Waals surface area contributed by atoms with Crippen LogP contribution in [0.3, 0.4) is 0 Å². The van der Waals surface area contributed by atoms with E-state index in [1.165, 1.54) is 5.56 Å². The van der Waals surface area contributed by atoms with Gasteiger partial charge in [0.25, 0.3) is 0 Å². The molecule has 1 aliphatic carbocycles. The van der Waals surface area contributed by atoms with Crippen LogP contribution in [0.2, 0.25) is 0 Å². The fourth-order valence-corrected chi connectivity index (χ4v) is 6.63. The van der Waals surface area contributed by atoms with Crippen molar-refractivity contribution in [3.05, 3.63) is 94.9 Å². The summed E-state index contributed by atoms with van der Waals surface area (Å²) in [4.78, 5) is 15.7. The maximum absolute atomic E-state index is 13.4. The van der Waals surface area contributed by atoms with Crippen LogP contribution in [0.15, 0.2) is 66.7 Å². The molecule has 5 aromatic rings. The van der Waals surface area contributed by atoms with Gasteiger partial charge in [0.05, 0.1) is 30.6 Å². The zero-order chi connectivity index (χ0) is 34.1. The summed E-state index contributed by atoms with van der Waals surface area (Å²) in [6.45, 7) is 12.1. The molecule has 0 unspecified atom stereocenters. The molecular formula is C38H44N8O3. The molecule has 3 aromatic carbocycles. The minimum atomic E-state index is -0.302. The topological polar surface area (TPSA) is 111 Å². The number of ether oxygens (including phenoxy) is 2. The highest BCUT2D eigenvalue weighted by atomic mass is 16.5. The summed E-state index contributed by atoms with van der Waals surface area (Å²) in [5, 5.41) is 20.0. The molecule has 11 nitrogen and oxygen atoms in total. The number of hydrogen-bond donors (Lipinski definition) is 2. The highest BCUT2D eigenvalue weighted by Gasteiger charge is 2.26. The number of anilines is 2. The molecule has 2 amide bonds. The van der Waals surface area contributed by atoms with Gasteiger partial charge in [0.2, 0.25) is 0 Å². The van der Waals surface area contributed by atoms with Crippen LogP contribution in [0.1, 0.15) is 55.4 Å². The van der Waals surface area contributed by atoms with Crippen LogP contribution in [0.25, 0.3) is 17.1 Å². The fourth-order valence-electron chi connectivity index (χ4n) is 6.63. The SMILES string of the molecule is COc1ccccc1-c1nnc2n1CCN(CCOc1ccc(NC(=O)Nc3cc(C(C)(C)C)nn3-c3ccc(C)cc3)c3c1CCC3)C2. The molecular weight excluding hydrogens is 616 g/mol. The van der Waals surface area contributed by atoms with Gasteiger partial charge in [-0.05, 0) is 73.7 Å². The molecule has 0 spiro atoms. The van der Waals surface area contributed by atoms with E-state index in [0.717, 1.165) is 95.8 Å². The molecule has 11 heteroatoms. The Morgan fingerprint density at radius 2 is 1.71 bits per heavy atom. The van der Waals surface area contributed by atoms with Crippen LogP contribution in [-0.2, 0) is 31.3 Å². The second-order valence-electron chi connectivity index (χ2n) is 13.8. The predicted octanol–water partition coefficient (Wildman–Crippen LogP) is 6.77. The third kappa shape index (κ3) is 6.76. The first kappa shape index (κ1) is 32.4. The Hall–Kier alpha value is -5.16. The second kappa shape index (κ2) is 13.4. The van der Waals surface area contributed by atoms with Crippen molar-refractivity contribution in [3.63, 3.8) is 0 Å². The highest BCUT2D eigenvalue weighted by molar-refractivity contribution is 6.00. The monoisotopic (exact) mass is 660 g/mol. The normalized spacial score (nSPS) is 14.3. The number of methoxy groups -OCH3 is 1. The number of benzene rings is 3. The Kier molecular flexibility index (Phi) is 8.85. The number of amides is 2. The average molecular weight is 661 g/mol. The van der Waals surface area contributed by atoms with Crippen LogP contribution < -0.4 is 20.1 Å². The lowest BCUT2D eigenvalue weighted by Gasteiger charge is -2.28. The largest absolute Gasteiger partial charge is 0.496 e. The summed E-state index contributed by atoms with van der Waals surface area (Å²) in [6.07, 6.45) is 2.85. The molecule has 2 N–H and O–H groups in total. The summed E-state index contributed by atoms with van der Waals surface area (Å²) in [7, 11) is 1.68. The molecule has 0 bridgehead atoms. The van der Waals surface area contributed by atoms with Gasteiger partial charge in [0, 0.05) is 36.8 Å². The highest BCUT2D eigenvalue weighted by Crippen LogP contribution is 2.36. The zero-order valence-electron chi connectivity index (χ0n) is 28.9. The van der Waals surface area contributed by atoms with Crippen LogP contribution in [-0.4, -0.2) is 62.3 Å².